The molecule has 0 N–H and O–H groups in total. The minimum Gasteiger partial charge on any atom is -0.207 e. The predicted molar refractivity (Wildman–Crippen MR) is 69.8 cm³/mol. The van der Waals surface area contributed by atoms with Gasteiger partial charge in [0.2, 0.25) is 0 Å². The fraction of sp³-hybridized carbons (Fsp3) is 0.200. The minimum atomic E-state index is -0.891. The Morgan fingerprint density at radius 2 is 1.84 bits per heavy atom. The summed E-state index contributed by atoms with van der Waals surface area (Å²) in [4.78, 5) is 0. The second-order valence-electron chi connectivity index (χ2n) is 4.39. The number of benzene rings is 2. The normalized spacial score (nSPS) is 12.5. The van der Waals surface area contributed by atoms with Crippen molar-refractivity contribution in [3.05, 3.63) is 70.5 Å². The zero-order valence-electron chi connectivity index (χ0n) is 10.3. The van der Waals surface area contributed by atoms with Gasteiger partial charge in [-0.1, -0.05) is 18.2 Å². The van der Waals surface area contributed by atoms with E-state index in [2.05, 4.69) is 0 Å². The Kier molecular flexibility index (Phi) is 4.15. The molecule has 2 aromatic carbocycles. The first kappa shape index (κ1) is 13.9. The van der Waals surface area contributed by atoms with Crippen LogP contribution in [0.2, 0.25) is 0 Å². The summed E-state index contributed by atoms with van der Waals surface area (Å²) in [6.07, 6.45) is 0.150. The maximum Gasteiger partial charge on any atom is 0.162 e. The molecule has 19 heavy (non-hydrogen) atoms. The summed E-state index contributed by atoms with van der Waals surface area (Å²) >= 11 is 6.21. The van der Waals surface area contributed by atoms with Crippen molar-refractivity contribution in [1.29, 1.82) is 0 Å². The molecule has 0 saturated carbocycles. The van der Waals surface area contributed by atoms with Crippen LogP contribution < -0.4 is 0 Å². The van der Waals surface area contributed by atoms with Crippen LogP contribution in [0, 0.1) is 24.4 Å². The summed E-state index contributed by atoms with van der Waals surface area (Å²) in [6.45, 7) is 1.73. The first-order valence-corrected chi connectivity index (χ1v) is 6.25. The van der Waals surface area contributed by atoms with Gasteiger partial charge >= 0.3 is 0 Å². The standard InChI is InChI=1S/C15H12ClF3/c1-9-7-11(17)5-6-12(9)13(16)8-10-3-2-4-14(18)15(10)19/h2-7,13H,8H2,1H3. The van der Waals surface area contributed by atoms with E-state index in [9.17, 15) is 13.2 Å². The SMILES string of the molecule is Cc1cc(F)ccc1C(Cl)Cc1cccc(F)c1F. The van der Waals surface area contributed by atoms with Gasteiger partial charge in [-0.2, -0.15) is 0 Å². The van der Waals surface area contributed by atoms with E-state index in [1.165, 1.54) is 24.3 Å². The molecule has 0 saturated heterocycles. The molecule has 100 valence electrons. The van der Waals surface area contributed by atoms with Gasteiger partial charge in [0.15, 0.2) is 11.6 Å². The van der Waals surface area contributed by atoms with Gasteiger partial charge in [0, 0.05) is 0 Å². The van der Waals surface area contributed by atoms with Crippen molar-refractivity contribution < 1.29 is 13.2 Å². The van der Waals surface area contributed by atoms with Crippen LogP contribution in [0.4, 0.5) is 13.2 Å². The third kappa shape index (κ3) is 3.10. The molecule has 4 heteroatoms. The lowest BCUT2D eigenvalue weighted by Crippen LogP contribution is -2.02. The fourth-order valence-electron chi connectivity index (χ4n) is 2.00. The van der Waals surface area contributed by atoms with Gasteiger partial charge in [-0.05, 0) is 48.2 Å². The molecule has 2 aromatic rings. The lowest BCUT2D eigenvalue weighted by molar-refractivity contribution is 0.498. The van der Waals surface area contributed by atoms with Gasteiger partial charge in [-0.25, -0.2) is 13.2 Å². The van der Waals surface area contributed by atoms with E-state index < -0.39 is 17.0 Å². The van der Waals surface area contributed by atoms with Crippen molar-refractivity contribution in [2.75, 3.05) is 0 Å². The lowest BCUT2D eigenvalue weighted by Gasteiger charge is -2.13. The molecule has 1 atom stereocenters. The molecular weight excluding hydrogens is 273 g/mol. The van der Waals surface area contributed by atoms with E-state index in [-0.39, 0.29) is 17.8 Å². The van der Waals surface area contributed by atoms with Crippen molar-refractivity contribution in [3.63, 3.8) is 0 Å². The highest BCUT2D eigenvalue weighted by Crippen LogP contribution is 2.29. The molecule has 2 rings (SSSR count). The smallest absolute Gasteiger partial charge is 0.162 e. The Balaban J connectivity index is 2.25. The van der Waals surface area contributed by atoms with E-state index in [0.717, 1.165) is 6.07 Å². The van der Waals surface area contributed by atoms with Crippen LogP contribution in [0.5, 0.6) is 0 Å². The molecule has 0 radical (unpaired) electrons. The topological polar surface area (TPSA) is 0 Å². The van der Waals surface area contributed by atoms with Crippen molar-refractivity contribution in [2.45, 2.75) is 18.7 Å². The Morgan fingerprint density at radius 3 is 2.53 bits per heavy atom. The molecule has 0 fully saturated rings. The van der Waals surface area contributed by atoms with Gasteiger partial charge < -0.3 is 0 Å². The van der Waals surface area contributed by atoms with E-state index in [0.29, 0.717) is 11.1 Å². The first-order valence-electron chi connectivity index (χ1n) is 5.82. The second kappa shape index (κ2) is 5.66. The van der Waals surface area contributed by atoms with Crippen LogP contribution in [-0.4, -0.2) is 0 Å². The average molecular weight is 285 g/mol. The molecule has 0 aromatic heterocycles. The van der Waals surface area contributed by atoms with Crippen molar-refractivity contribution in [1.82, 2.24) is 0 Å². The third-order valence-corrected chi connectivity index (χ3v) is 3.39. The number of rotatable bonds is 3. The zero-order chi connectivity index (χ0) is 14.0. The predicted octanol–water partition coefficient (Wildman–Crippen LogP) is 4.93. The molecule has 0 bridgehead atoms. The Hall–Kier alpha value is -1.48. The number of aryl methyl sites for hydroxylation is 1. The molecule has 1 unspecified atom stereocenters. The monoisotopic (exact) mass is 284 g/mol. The zero-order valence-corrected chi connectivity index (χ0v) is 11.0. The maximum absolute atomic E-state index is 13.5. The van der Waals surface area contributed by atoms with Gasteiger partial charge in [-0.3, -0.25) is 0 Å². The first-order chi connectivity index (χ1) is 8.99. The lowest BCUT2D eigenvalue weighted by atomic mass is 9.99. The summed E-state index contributed by atoms with van der Waals surface area (Å²) in [5.41, 5.74) is 1.62. The molecule has 0 aliphatic heterocycles. The van der Waals surface area contributed by atoms with Crippen LogP contribution in [0.3, 0.4) is 0 Å². The largest absolute Gasteiger partial charge is 0.207 e. The average Bonchev–Trinajstić information content (AvgIpc) is 2.34. The van der Waals surface area contributed by atoms with Gasteiger partial charge in [0.05, 0.1) is 5.38 Å². The van der Waals surface area contributed by atoms with Crippen molar-refractivity contribution in [2.24, 2.45) is 0 Å². The molecule has 0 aliphatic carbocycles. The Labute approximate surface area is 114 Å². The molecule has 0 nitrogen and oxygen atoms in total. The Morgan fingerprint density at radius 1 is 1.11 bits per heavy atom. The quantitative estimate of drug-likeness (QED) is 0.701. The molecular formula is C15H12ClF3. The maximum atomic E-state index is 13.5. The van der Waals surface area contributed by atoms with Crippen LogP contribution in [-0.2, 0) is 6.42 Å². The molecule has 0 heterocycles. The van der Waals surface area contributed by atoms with Crippen LogP contribution >= 0.6 is 11.6 Å². The van der Waals surface area contributed by atoms with E-state index in [1.807, 2.05) is 0 Å². The third-order valence-electron chi connectivity index (χ3n) is 3.00. The molecule has 0 aliphatic rings. The number of hydrogen-bond acceptors (Lipinski definition) is 0. The fourth-order valence-corrected chi connectivity index (χ4v) is 2.41. The van der Waals surface area contributed by atoms with Gasteiger partial charge in [0.25, 0.3) is 0 Å². The summed E-state index contributed by atoms with van der Waals surface area (Å²) in [5.74, 6) is -2.12. The highest BCUT2D eigenvalue weighted by atomic mass is 35.5. The van der Waals surface area contributed by atoms with Crippen LogP contribution in [0.1, 0.15) is 22.1 Å². The Bertz CT molecular complexity index is 596. The summed E-state index contributed by atoms with van der Waals surface area (Å²) < 4.78 is 39.6. The number of alkyl halides is 1. The second-order valence-corrected chi connectivity index (χ2v) is 4.91. The molecule has 0 amide bonds. The summed E-state index contributed by atoms with van der Waals surface area (Å²) in [7, 11) is 0. The summed E-state index contributed by atoms with van der Waals surface area (Å²) in [5, 5.41) is -0.531. The highest BCUT2D eigenvalue weighted by molar-refractivity contribution is 6.21. The van der Waals surface area contributed by atoms with Gasteiger partial charge in [0.1, 0.15) is 5.82 Å². The van der Waals surface area contributed by atoms with Crippen LogP contribution in [0.15, 0.2) is 36.4 Å². The molecule has 0 spiro atoms. The van der Waals surface area contributed by atoms with E-state index in [4.69, 9.17) is 11.6 Å². The van der Waals surface area contributed by atoms with Crippen molar-refractivity contribution in [3.8, 4) is 0 Å². The van der Waals surface area contributed by atoms with Crippen LogP contribution in [0.25, 0.3) is 0 Å². The van der Waals surface area contributed by atoms with E-state index in [1.54, 1.807) is 13.0 Å². The van der Waals surface area contributed by atoms with E-state index >= 15 is 0 Å². The number of halogens is 4. The highest BCUT2D eigenvalue weighted by Gasteiger charge is 2.16. The van der Waals surface area contributed by atoms with Crippen molar-refractivity contribution >= 4 is 11.6 Å². The number of hydrogen-bond donors (Lipinski definition) is 0. The van der Waals surface area contributed by atoms with Gasteiger partial charge in [-0.15, -0.1) is 11.6 Å². The summed E-state index contributed by atoms with van der Waals surface area (Å²) in [6, 6.07) is 8.23. The minimum absolute atomic E-state index is 0.150.